The van der Waals surface area contributed by atoms with E-state index in [0.29, 0.717) is 5.95 Å². The van der Waals surface area contributed by atoms with Crippen LogP contribution in [0, 0.1) is 20.8 Å². The second kappa shape index (κ2) is 5.54. The van der Waals surface area contributed by atoms with Crippen molar-refractivity contribution >= 4 is 23.1 Å². The summed E-state index contributed by atoms with van der Waals surface area (Å²) in [5, 5.41) is 3.42. The molecule has 0 saturated heterocycles. The number of aromatic nitrogens is 2. The zero-order chi connectivity index (χ0) is 14.0. The second-order valence-electron chi connectivity index (χ2n) is 4.60. The van der Waals surface area contributed by atoms with Gasteiger partial charge in [0.1, 0.15) is 5.82 Å². The van der Waals surface area contributed by atoms with Gasteiger partial charge in [0.05, 0.1) is 6.04 Å². The van der Waals surface area contributed by atoms with Gasteiger partial charge in [0.25, 0.3) is 0 Å². The predicted molar refractivity (Wildman–Crippen MR) is 80.4 cm³/mol. The Morgan fingerprint density at radius 2 is 2.05 bits per heavy atom. The SMILES string of the molecule is Cc1cc(C(C)Nc2nc(NN)ncc2C)c(C)s1. The summed E-state index contributed by atoms with van der Waals surface area (Å²) in [5.74, 6) is 6.56. The van der Waals surface area contributed by atoms with Gasteiger partial charge in [0.2, 0.25) is 5.95 Å². The van der Waals surface area contributed by atoms with Gasteiger partial charge in [-0.3, -0.25) is 5.43 Å². The summed E-state index contributed by atoms with van der Waals surface area (Å²) in [4.78, 5) is 11.1. The van der Waals surface area contributed by atoms with E-state index in [4.69, 9.17) is 5.84 Å². The Kier molecular flexibility index (Phi) is 4.01. The lowest BCUT2D eigenvalue weighted by Crippen LogP contribution is -2.14. The molecular formula is C13H19N5S. The van der Waals surface area contributed by atoms with Gasteiger partial charge in [-0.05, 0) is 39.3 Å². The predicted octanol–water partition coefficient (Wildman–Crippen LogP) is 2.92. The van der Waals surface area contributed by atoms with Crippen LogP contribution in [0.1, 0.15) is 33.8 Å². The molecule has 0 fully saturated rings. The molecule has 2 aromatic rings. The summed E-state index contributed by atoms with van der Waals surface area (Å²) in [5.41, 5.74) is 4.77. The van der Waals surface area contributed by atoms with Crippen molar-refractivity contribution in [3.8, 4) is 0 Å². The van der Waals surface area contributed by atoms with Crippen molar-refractivity contribution in [3.63, 3.8) is 0 Å². The van der Waals surface area contributed by atoms with E-state index in [9.17, 15) is 0 Å². The molecule has 5 nitrogen and oxygen atoms in total. The van der Waals surface area contributed by atoms with Crippen LogP contribution in [0.25, 0.3) is 0 Å². The molecule has 0 bridgehead atoms. The van der Waals surface area contributed by atoms with Gasteiger partial charge in [-0.15, -0.1) is 11.3 Å². The van der Waals surface area contributed by atoms with Crippen LogP contribution in [0.5, 0.6) is 0 Å². The normalized spacial score (nSPS) is 12.3. The molecule has 0 amide bonds. The molecule has 0 aliphatic rings. The molecule has 0 aliphatic heterocycles. The molecule has 0 aromatic carbocycles. The highest BCUT2D eigenvalue weighted by Gasteiger charge is 2.13. The Balaban J connectivity index is 2.23. The Morgan fingerprint density at radius 1 is 1.32 bits per heavy atom. The van der Waals surface area contributed by atoms with Gasteiger partial charge < -0.3 is 5.32 Å². The smallest absolute Gasteiger partial charge is 0.239 e. The Hall–Kier alpha value is -1.66. The maximum Gasteiger partial charge on any atom is 0.239 e. The lowest BCUT2D eigenvalue weighted by atomic mass is 10.1. The van der Waals surface area contributed by atoms with Crippen LogP contribution in [-0.2, 0) is 0 Å². The highest BCUT2D eigenvalue weighted by atomic mass is 32.1. The molecule has 0 aliphatic carbocycles. The third kappa shape index (κ3) is 3.02. The Morgan fingerprint density at radius 3 is 2.63 bits per heavy atom. The van der Waals surface area contributed by atoms with E-state index in [2.05, 4.69) is 47.5 Å². The zero-order valence-electron chi connectivity index (χ0n) is 11.6. The number of nitrogens with zero attached hydrogens (tertiary/aromatic N) is 2. The number of nitrogen functional groups attached to an aromatic ring is 1. The van der Waals surface area contributed by atoms with Crippen molar-refractivity contribution in [1.29, 1.82) is 0 Å². The van der Waals surface area contributed by atoms with Crippen molar-refractivity contribution in [2.45, 2.75) is 33.7 Å². The van der Waals surface area contributed by atoms with Crippen molar-refractivity contribution in [2.24, 2.45) is 5.84 Å². The van der Waals surface area contributed by atoms with Crippen LogP contribution in [0.4, 0.5) is 11.8 Å². The summed E-state index contributed by atoms with van der Waals surface area (Å²) in [6.07, 6.45) is 1.75. The maximum atomic E-state index is 5.34. The number of rotatable bonds is 4. The first-order valence-corrected chi connectivity index (χ1v) is 6.96. The summed E-state index contributed by atoms with van der Waals surface area (Å²) < 4.78 is 0. The fourth-order valence-corrected chi connectivity index (χ4v) is 3.04. The van der Waals surface area contributed by atoms with Crippen LogP contribution >= 0.6 is 11.3 Å². The fourth-order valence-electron chi connectivity index (χ4n) is 2.02. The van der Waals surface area contributed by atoms with Crippen LogP contribution < -0.4 is 16.6 Å². The lowest BCUT2D eigenvalue weighted by Gasteiger charge is -2.16. The highest BCUT2D eigenvalue weighted by molar-refractivity contribution is 7.12. The van der Waals surface area contributed by atoms with Gasteiger partial charge in [0, 0.05) is 21.5 Å². The van der Waals surface area contributed by atoms with Crippen molar-refractivity contribution in [1.82, 2.24) is 9.97 Å². The first-order valence-electron chi connectivity index (χ1n) is 6.15. The van der Waals surface area contributed by atoms with Crippen LogP contribution in [0.2, 0.25) is 0 Å². The number of anilines is 2. The van der Waals surface area contributed by atoms with E-state index in [-0.39, 0.29) is 6.04 Å². The first kappa shape index (κ1) is 13.8. The third-order valence-electron chi connectivity index (χ3n) is 3.00. The van der Waals surface area contributed by atoms with Gasteiger partial charge >= 0.3 is 0 Å². The van der Waals surface area contributed by atoms with Gasteiger partial charge in [-0.1, -0.05) is 0 Å². The minimum atomic E-state index is 0.198. The summed E-state index contributed by atoms with van der Waals surface area (Å²) in [7, 11) is 0. The zero-order valence-corrected chi connectivity index (χ0v) is 12.4. The molecule has 6 heteroatoms. The molecule has 0 radical (unpaired) electrons. The number of hydrogen-bond acceptors (Lipinski definition) is 6. The monoisotopic (exact) mass is 277 g/mol. The second-order valence-corrected chi connectivity index (χ2v) is 6.06. The summed E-state index contributed by atoms with van der Waals surface area (Å²) in [6, 6.07) is 2.42. The Bertz CT molecular complexity index is 578. The molecule has 0 saturated carbocycles. The van der Waals surface area contributed by atoms with E-state index < -0.39 is 0 Å². The van der Waals surface area contributed by atoms with Gasteiger partial charge in [-0.25, -0.2) is 10.8 Å². The van der Waals surface area contributed by atoms with E-state index in [0.717, 1.165) is 11.4 Å². The summed E-state index contributed by atoms with van der Waals surface area (Å²) >= 11 is 1.81. The number of hydrogen-bond donors (Lipinski definition) is 3. The average Bonchev–Trinajstić information content (AvgIpc) is 2.71. The van der Waals surface area contributed by atoms with E-state index in [1.807, 2.05) is 18.3 Å². The van der Waals surface area contributed by atoms with E-state index in [1.54, 1.807) is 6.20 Å². The molecular weight excluding hydrogens is 258 g/mol. The fraction of sp³-hybridized carbons (Fsp3) is 0.385. The number of nitrogens with one attached hydrogen (secondary N) is 2. The largest absolute Gasteiger partial charge is 0.363 e. The average molecular weight is 277 g/mol. The van der Waals surface area contributed by atoms with Crippen molar-refractivity contribution < 1.29 is 0 Å². The standard InChI is InChI=1S/C13H19N5S/c1-7-6-15-13(18-14)17-12(7)16-9(3)11-5-8(2)19-10(11)4/h5-6,9H,14H2,1-4H3,(H2,15,16,17,18). The topological polar surface area (TPSA) is 75.9 Å². The summed E-state index contributed by atoms with van der Waals surface area (Å²) in [6.45, 7) is 8.37. The number of nitrogens with two attached hydrogens (primary N) is 1. The lowest BCUT2D eigenvalue weighted by molar-refractivity contribution is 0.865. The minimum absolute atomic E-state index is 0.198. The molecule has 2 rings (SSSR count). The minimum Gasteiger partial charge on any atom is -0.363 e. The third-order valence-corrected chi connectivity index (χ3v) is 3.98. The molecule has 0 spiro atoms. The first-order chi connectivity index (χ1) is 9.01. The molecule has 1 atom stereocenters. The van der Waals surface area contributed by atoms with Gasteiger partial charge in [0.15, 0.2) is 0 Å². The molecule has 4 N–H and O–H groups in total. The van der Waals surface area contributed by atoms with Crippen molar-refractivity contribution in [3.05, 3.63) is 33.1 Å². The van der Waals surface area contributed by atoms with E-state index >= 15 is 0 Å². The molecule has 1 unspecified atom stereocenters. The molecule has 102 valence electrons. The van der Waals surface area contributed by atoms with Crippen LogP contribution in [0.15, 0.2) is 12.3 Å². The maximum absolute atomic E-state index is 5.34. The number of hydrazine groups is 1. The Labute approximate surface area is 117 Å². The quantitative estimate of drug-likeness (QED) is 0.592. The highest BCUT2D eigenvalue weighted by Crippen LogP contribution is 2.28. The van der Waals surface area contributed by atoms with Crippen LogP contribution in [-0.4, -0.2) is 9.97 Å². The number of aryl methyl sites for hydroxylation is 3. The van der Waals surface area contributed by atoms with Gasteiger partial charge in [-0.2, -0.15) is 4.98 Å². The van der Waals surface area contributed by atoms with Crippen LogP contribution in [0.3, 0.4) is 0 Å². The van der Waals surface area contributed by atoms with Crippen molar-refractivity contribution in [2.75, 3.05) is 10.7 Å². The molecule has 2 aromatic heterocycles. The molecule has 19 heavy (non-hydrogen) atoms. The molecule has 2 heterocycles. The number of thiophene rings is 1. The van der Waals surface area contributed by atoms with E-state index in [1.165, 1.54) is 15.3 Å².